The first-order chi connectivity index (χ1) is 21.9. The van der Waals surface area contributed by atoms with Crippen molar-refractivity contribution >= 4 is 35.1 Å². The summed E-state index contributed by atoms with van der Waals surface area (Å²) in [5.74, 6) is -1.01. The Balaban J connectivity index is 1.46. The number of carbonyl (C=O) groups is 2. The molecule has 2 aromatic rings. The fraction of sp³-hybridized carbons (Fsp3) is 0.588. The van der Waals surface area contributed by atoms with Crippen LogP contribution in [0.15, 0.2) is 12.1 Å². The number of hydrogen-bond donors (Lipinski definition) is 0. The van der Waals surface area contributed by atoms with Gasteiger partial charge in [0.1, 0.15) is 6.10 Å². The molecule has 2 heterocycles. The van der Waals surface area contributed by atoms with E-state index in [2.05, 4.69) is 6.92 Å². The number of halogens is 2. The predicted octanol–water partition coefficient (Wildman–Crippen LogP) is 8.19. The van der Waals surface area contributed by atoms with Crippen molar-refractivity contribution in [1.82, 2.24) is 0 Å². The number of methoxy groups -OCH3 is 3. The number of cyclic esters (lactones) is 1. The number of benzene rings is 2. The monoisotopic (exact) mass is 664 g/mol. The molecule has 0 bridgehead atoms. The molecular formula is C34H42Cl2O9. The number of unbranched alkanes of at least 4 members (excludes halogenated alkanes) is 8. The number of hydrogen-bond acceptors (Lipinski definition) is 9. The second-order valence-corrected chi connectivity index (χ2v) is 12.5. The van der Waals surface area contributed by atoms with Gasteiger partial charge in [0, 0.05) is 29.4 Å². The average molecular weight is 666 g/mol. The summed E-state index contributed by atoms with van der Waals surface area (Å²) in [6.07, 6.45) is 9.88. The first-order valence-corrected chi connectivity index (χ1v) is 16.6. The summed E-state index contributed by atoms with van der Waals surface area (Å²) in [4.78, 5) is 26.7. The van der Waals surface area contributed by atoms with Crippen molar-refractivity contribution in [1.29, 1.82) is 0 Å². The van der Waals surface area contributed by atoms with Gasteiger partial charge in [-0.3, -0.25) is 9.59 Å². The fourth-order valence-corrected chi connectivity index (χ4v) is 7.66. The Bertz CT molecular complexity index is 1360. The minimum absolute atomic E-state index is 0.0482. The molecule has 0 spiro atoms. The zero-order valence-corrected chi connectivity index (χ0v) is 27.9. The van der Waals surface area contributed by atoms with E-state index in [4.69, 9.17) is 56.4 Å². The predicted molar refractivity (Wildman–Crippen MR) is 169 cm³/mol. The van der Waals surface area contributed by atoms with Crippen LogP contribution in [-0.2, 0) is 19.1 Å². The maximum atomic E-state index is 13.5. The summed E-state index contributed by atoms with van der Waals surface area (Å²) in [6, 6.07) is 3.63. The largest absolute Gasteiger partial charge is 0.491 e. The molecule has 1 fully saturated rings. The van der Waals surface area contributed by atoms with Crippen molar-refractivity contribution in [3.05, 3.63) is 38.9 Å². The molecule has 5 rings (SSSR count). The molecule has 0 unspecified atom stereocenters. The summed E-state index contributed by atoms with van der Waals surface area (Å²) in [6.45, 7) is 2.34. The summed E-state index contributed by atoms with van der Waals surface area (Å²) >= 11 is 14.0. The molecule has 1 saturated heterocycles. The third kappa shape index (κ3) is 6.61. The first-order valence-electron chi connectivity index (χ1n) is 15.8. The molecule has 0 amide bonds. The van der Waals surface area contributed by atoms with Crippen molar-refractivity contribution in [2.75, 3.05) is 34.7 Å². The van der Waals surface area contributed by atoms with Crippen molar-refractivity contribution in [3.63, 3.8) is 0 Å². The number of carbonyl (C=O) groups excluding carboxylic acids is 2. The lowest BCUT2D eigenvalue weighted by molar-refractivity contribution is -0.154. The molecular weight excluding hydrogens is 623 g/mol. The van der Waals surface area contributed by atoms with Gasteiger partial charge in [0.25, 0.3) is 0 Å². The summed E-state index contributed by atoms with van der Waals surface area (Å²) in [7, 11) is 4.38. The van der Waals surface area contributed by atoms with Crippen LogP contribution in [0.4, 0.5) is 0 Å². The van der Waals surface area contributed by atoms with Crippen LogP contribution >= 0.6 is 23.2 Å². The minimum atomic E-state index is -0.763. The molecule has 45 heavy (non-hydrogen) atoms. The van der Waals surface area contributed by atoms with E-state index in [-0.39, 0.29) is 46.7 Å². The third-order valence-corrected chi connectivity index (χ3v) is 9.82. The molecule has 0 N–H and O–H groups in total. The van der Waals surface area contributed by atoms with E-state index in [9.17, 15) is 9.59 Å². The van der Waals surface area contributed by atoms with E-state index in [0.29, 0.717) is 34.6 Å². The quantitative estimate of drug-likeness (QED) is 0.138. The highest BCUT2D eigenvalue weighted by Crippen LogP contribution is 2.60. The Hall–Kier alpha value is -3.04. The van der Waals surface area contributed by atoms with Crippen molar-refractivity contribution in [3.8, 4) is 28.7 Å². The van der Waals surface area contributed by atoms with Gasteiger partial charge in [-0.1, -0.05) is 81.5 Å². The van der Waals surface area contributed by atoms with Gasteiger partial charge in [0.2, 0.25) is 12.5 Å². The fourth-order valence-electron chi connectivity index (χ4n) is 6.86. The van der Waals surface area contributed by atoms with Gasteiger partial charge in [-0.25, -0.2) is 0 Å². The number of rotatable bonds is 15. The summed E-state index contributed by atoms with van der Waals surface area (Å²) < 4.78 is 40.0. The molecule has 1 aliphatic carbocycles. The van der Waals surface area contributed by atoms with E-state index in [1.54, 1.807) is 6.07 Å². The van der Waals surface area contributed by atoms with E-state index >= 15 is 0 Å². The number of esters is 2. The second kappa shape index (κ2) is 15.0. The minimum Gasteiger partial charge on any atom is -0.491 e. The number of ether oxygens (including phenoxy) is 7. The van der Waals surface area contributed by atoms with E-state index in [0.717, 1.165) is 19.3 Å². The molecule has 0 aromatic heterocycles. The zero-order valence-electron chi connectivity index (χ0n) is 26.4. The Morgan fingerprint density at radius 1 is 0.800 bits per heavy atom. The molecule has 246 valence electrons. The van der Waals surface area contributed by atoms with Crippen LogP contribution in [0.25, 0.3) is 0 Å². The summed E-state index contributed by atoms with van der Waals surface area (Å²) in [5, 5.41) is 0.348. The van der Waals surface area contributed by atoms with Gasteiger partial charge in [-0.2, -0.15) is 0 Å². The van der Waals surface area contributed by atoms with Gasteiger partial charge in [0.05, 0.1) is 43.9 Å². The Kier molecular flexibility index (Phi) is 11.1. The first kappa shape index (κ1) is 33.3. The average Bonchev–Trinajstić information content (AvgIpc) is 3.66. The molecule has 2 aromatic carbocycles. The molecule has 9 nitrogen and oxygen atoms in total. The number of fused-ring (bicyclic) bond motifs is 3. The lowest BCUT2D eigenvalue weighted by Gasteiger charge is -2.39. The standard InChI is InChI=1S/C34H42Cl2O9/c1-5-6-7-8-9-10-11-12-13-14-24(37)45-30-20-16-23-22(43-18-44-23)15-19(20)25(26-21(30)17-42-34(26)38)27-28(35)31(39-2)33(41-4)32(40-3)29(27)36/h15-16,21,25-26,30H,5-14,17-18H2,1-4H3/t21-,25+,26-,30+/m0/s1. The lowest BCUT2D eigenvalue weighted by Crippen LogP contribution is -2.37. The van der Waals surface area contributed by atoms with E-state index < -0.39 is 29.8 Å². The highest BCUT2D eigenvalue weighted by molar-refractivity contribution is 6.38. The molecule has 0 saturated carbocycles. The van der Waals surface area contributed by atoms with Crippen LogP contribution in [0.2, 0.25) is 10.0 Å². The van der Waals surface area contributed by atoms with Gasteiger partial charge >= 0.3 is 11.9 Å². The normalized spacial score (nSPS) is 21.2. The van der Waals surface area contributed by atoms with Crippen LogP contribution in [0, 0.1) is 11.8 Å². The molecule has 11 heteroatoms. The highest BCUT2D eigenvalue weighted by atomic mass is 35.5. The lowest BCUT2D eigenvalue weighted by atomic mass is 9.66. The van der Waals surface area contributed by atoms with Gasteiger partial charge in [-0.15, -0.1) is 0 Å². The molecule has 3 aliphatic rings. The second-order valence-electron chi connectivity index (χ2n) is 11.8. The third-order valence-electron chi connectivity index (χ3n) is 9.07. The smallest absolute Gasteiger partial charge is 0.310 e. The van der Waals surface area contributed by atoms with Crippen LogP contribution in [-0.4, -0.2) is 46.7 Å². The van der Waals surface area contributed by atoms with Crippen LogP contribution in [0.5, 0.6) is 28.7 Å². The van der Waals surface area contributed by atoms with Crippen molar-refractivity contribution in [2.24, 2.45) is 11.8 Å². The topological polar surface area (TPSA) is 98.8 Å². The van der Waals surface area contributed by atoms with Gasteiger partial charge < -0.3 is 33.2 Å². The van der Waals surface area contributed by atoms with Crippen molar-refractivity contribution in [2.45, 2.75) is 83.2 Å². The van der Waals surface area contributed by atoms with Crippen LogP contribution in [0.1, 0.15) is 99.8 Å². The molecule has 0 radical (unpaired) electrons. The molecule has 4 atom stereocenters. The summed E-state index contributed by atoms with van der Waals surface area (Å²) in [5.41, 5.74) is 1.77. The van der Waals surface area contributed by atoms with Gasteiger partial charge in [0.15, 0.2) is 23.0 Å². The highest BCUT2D eigenvalue weighted by Gasteiger charge is 2.55. The molecule has 2 aliphatic heterocycles. The maximum Gasteiger partial charge on any atom is 0.310 e. The van der Waals surface area contributed by atoms with Crippen LogP contribution < -0.4 is 23.7 Å². The Labute approximate surface area is 274 Å². The maximum absolute atomic E-state index is 13.5. The van der Waals surface area contributed by atoms with E-state index in [1.165, 1.54) is 59.9 Å². The Morgan fingerprint density at radius 2 is 1.36 bits per heavy atom. The SMILES string of the molecule is CCCCCCCCCCCC(=O)O[C@@H]1c2cc3c(cc2[C@@H](c2c(Cl)c(OC)c(OC)c(OC)c2Cl)[C@H]2C(=O)OC[C@@H]21)OCO3. The van der Waals surface area contributed by atoms with Crippen LogP contribution in [0.3, 0.4) is 0 Å². The zero-order chi connectivity index (χ0) is 32.1. The van der Waals surface area contributed by atoms with E-state index in [1.807, 2.05) is 6.07 Å². The van der Waals surface area contributed by atoms with Gasteiger partial charge in [-0.05, 0) is 24.1 Å². The Morgan fingerprint density at radius 3 is 1.93 bits per heavy atom. The van der Waals surface area contributed by atoms with Crippen molar-refractivity contribution < 1.29 is 42.7 Å².